The van der Waals surface area contributed by atoms with Crippen molar-refractivity contribution >= 4 is 7.82 Å². The number of benzene rings is 2. The molecule has 0 aliphatic heterocycles. The first kappa shape index (κ1) is 18.9. The van der Waals surface area contributed by atoms with Crippen LogP contribution in [0.1, 0.15) is 26.2 Å². The molecule has 1 unspecified atom stereocenters. The van der Waals surface area contributed by atoms with Crippen molar-refractivity contribution in [1.29, 1.82) is 0 Å². The Kier molecular flexibility index (Phi) is 7.36. The smallest absolute Gasteiger partial charge is 0.395 e. The number of phosphoric ester groups is 1. The van der Waals surface area contributed by atoms with Crippen LogP contribution in [-0.2, 0) is 9.09 Å². The van der Waals surface area contributed by atoms with E-state index < -0.39 is 14.1 Å². The molecular formula is C17H20N3O4P. The van der Waals surface area contributed by atoms with Gasteiger partial charge in [0.2, 0.25) is 0 Å². The third kappa shape index (κ3) is 6.51. The minimum Gasteiger partial charge on any atom is -0.395 e. The molecule has 8 heteroatoms. The van der Waals surface area contributed by atoms with Gasteiger partial charge in [-0.05, 0) is 36.2 Å². The second kappa shape index (κ2) is 9.74. The maximum absolute atomic E-state index is 13.2. The van der Waals surface area contributed by atoms with Crippen LogP contribution in [0.3, 0.4) is 0 Å². The largest absolute Gasteiger partial charge is 0.587 e. The van der Waals surface area contributed by atoms with Gasteiger partial charge in [-0.1, -0.05) is 61.3 Å². The fraction of sp³-hybridized carbons (Fsp3) is 0.294. The van der Waals surface area contributed by atoms with Crippen molar-refractivity contribution in [3.63, 3.8) is 0 Å². The Labute approximate surface area is 146 Å². The van der Waals surface area contributed by atoms with E-state index in [0.717, 1.165) is 12.8 Å². The zero-order valence-corrected chi connectivity index (χ0v) is 14.8. The maximum Gasteiger partial charge on any atom is 0.587 e. The number of hydrogen-bond donors (Lipinski definition) is 0. The molecule has 0 heterocycles. The first-order valence-electron chi connectivity index (χ1n) is 7.97. The molecule has 0 bridgehead atoms. The number of rotatable bonds is 10. The zero-order valence-electron chi connectivity index (χ0n) is 13.9. The van der Waals surface area contributed by atoms with Gasteiger partial charge in [0.15, 0.2) is 6.23 Å². The quantitative estimate of drug-likeness (QED) is 0.221. The fourth-order valence-corrected chi connectivity index (χ4v) is 3.33. The summed E-state index contributed by atoms with van der Waals surface area (Å²) in [5.41, 5.74) is 8.72. The van der Waals surface area contributed by atoms with E-state index in [-0.39, 0.29) is 0 Å². The Morgan fingerprint density at radius 1 is 1.04 bits per heavy atom. The number of azide groups is 1. The summed E-state index contributed by atoms with van der Waals surface area (Å²) in [5.74, 6) is 0.661. The highest BCUT2D eigenvalue weighted by molar-refractivity contribution is 7.49. The minimum absolute atomic E-state index is 0.331. The molecule has 0 amide bonds. The average Bonchev–Trinajstić information content (AvgIpc) is 2.61. The van der Waals surface area contributed by atoms with Gasteiger partial charge in [0, 0.05) is 4.91 Å². The molecule has 2 aromatic rings. The molecule has 0 N–H and O–H groups in total. The van der Waals surface area contributed by atoms with Crippen molar-refractivity contribution in [3.8, 4) is 11.5 Å². The van der Waals surface area contributed by atoms with Gasteiger partial charge in [0.05, 0.1) is 0 Å². The highest BCUT2D eigenvalue weighted by atomic mass is 31.2. The van der Waals surface area contributed by atoms with Crippen LogP contribution in [-0.4, -0.2) is 6.23 Å². The fourth-order valence-electron chi connectivity index (χ4n) is 2.00. The average molecular weight is 361 g/mol. The van der Waals surface area contributed by atoms with Crippen molar-refractivity contribution in [2.24, 2.45) is 5.11 Å². The maximum atomic E-state index is 13.2. The number of para-hydroxylation sites is 2. The van der Waals surface area contributed by atoms with Crippen LogP contribution in [0.25, 0.3) is 10.4 Å². The van der Waals surface area contributed by atoms with E-state index in [1.165, 1.54) is 0 Å². The third-order valence-corrected chi connectivity index (χ3v) is 4.53. The lowest BCUT2D eigenvalue weighted by Crippen LogP contribution is -2.13. The first-order chi connectivity index (χ1) is 12.1. The number of phosphoric acid groups is 1. The van der Waals surface area contributed by atoms with E-state index in [0.29, 0.717) is 17.9 Å². The summed E-state index contributed by atoms with van der Waals surface area (Å²) in [7, 11) is -4.05. The molecule has 2 aromatic carbocycles. The van der Waals surface area contributed by atoms with Gasteiger partial charge < -0.3 is 9.05 Å². The van der Waals surface area contributed by atoms with E-state index in [1.54, 1.807) is 60.7 Å². The van der Waals surface area contributed by atoms with E-state index in [4.69, 9.17) is 19.1 Å². The lowest BCUT2D eigenvalue weighted by Gasteiger charge is -2.22. The molecule has 1 atom stereocenters. The molecule has 0 aliphatic carbocycles. The minimum atomic E-state index is -4.05. The van der Waals surface area contributed by atoms with Crippen LogP contribution in [0.2, 0.25) is 0 Å². The Morgan fingerprint density at radius 3 is 2.00 bits per heavy atom. The predicted molar refractivity (Wildman–Crippen MR) is 95.3 cm³/mol. The molecule has 0 radical (unpaired) electrons. The van der Waals surface area contributed by atoms with Crippen LogP contribution in [0, 0.1) is 0 Å². The van der Waals surface area contributed by atoms with Crippen LogP contribution in [0.15, 0.2) is 65.8 Å². The SMILES string of the molecule is CCCCC(N=[N+]=[N-])OP(=O)(Oc1ccccc1)Oc1ccccc1. The summed E-state index contributed by atoms with van der Waals surface area (Å²) in [6.45, 7) is 1.99. The molecule has 7 nitrogen and oxygen atoms in total. The van der Waals surface area contributed by atoms with Crippen molar-refractivity contribution < 1.29 is 18.1 Å². The first-order valence-corrected chi connectivity index (χ1v) is 9.43. The van der Waals surface area contributed by atoms with Crippen molar-refractivity contribution in [2.45, 2.75) is 32.4 Å². The Hall–Kier alpha value is -2.46. The number of unbranched alkanes of at least 4 members (excludes halogenated alkanes) is 1. The summed E-state index contributed by atoms with van der Waals surface area (Å²) in [4.78, 5) is 2.75. The van der Waals surface area contributed by atoms with E-state index in [2.05, 4.69) is 10.0 Å². The Balaban J connectivity index is 2.23. The van der Waals surface area contributed by atoms with Crippen molar-refractivity contribution in [1.82, 2.24) is 0 Å². The molecule has 0 fully saturated rings. The third-order valence-electron chi connectivity index (χ3n) is 3.16. The van der Waals surface area contributed by atoms with Gasteiger partial charge in [-0.25, -0.2) is 4.57 Å². The summed E-state index contributed by atoms with van der Waals surface area (Å²) in [6.07, 6.45) is 1.11. The highest BCUT2D eigenvalue weighted by Gasteiger charge is 2.34. The topological polar surface area (TPSA) is 93.5 Å². The molecule has 0 aromatic heterocycles. The van der Waals surface area contributed by atoms with E-state index in [9.17, 15) is 4.57 Å². The van der Waals surface area contributed by atoms with Gasteiger partial charge in [0.1, 0.15) is 11.5 Å². The zero-order chi connectivity index (χ0) is 18.0. The van der Waals surface area contributed by atoms with Gasteiger partial charge in [-0.3, -0.25) is 4.52 Å². The van der Waals surface area contributed by atoms with Crippen LogP contribution in [0.5, 0.6) is 11.5 Å². The predicted octanol–water partition coefficient (Wildman–Crippen LogP) is 6.10. The summed E-state index contributed by atoms with van der Waals surface area (Å²) in [5, 5.41) is 3.56. The molecule has 0 saturated heterocycles. The van der Waals surface area contributed by atoms with Gasteiger partial charge in [-0.15, -0.1) is 0 Å². The summed E-state index contributed by atoms with van der Waals surface area (Å²) < 4.78 is 29.6. The second-order valence-corrected chi connectivity index (χ2v) is 6.63. The normalized spacial score (nSPS) is 12.0. The molecule has 0 spiro atoms. The standard InChI is InChI=1S/C17H20N3O4P/c1-2-3-14-17(19-20-18)24-25(21,22-15-10-6-4-7-11-15)23-16-12-8-5-9-13-16/h4-13,17H,2-3,14H2,1H3. The van der Waals surface area contributed by atoms with Crippen molar-refractivity contribution in [2.75, 3.05) is 0 Å². The molecule has 0 aliphatic rings. The Morgan fingerprint density at radius 2 is 1.56 bits per heavy atom. The monoisotopic (exact) mass is 361 g/mol. The number of hydrogen-bond acceptors (Lipinski definition) is 5. The van der Waals surface area contributed by atoms with Gasteiger partial charge >= 0.3 is 7.82 Å². The van der Waals surface area contributed by atoms with Gasteiger partial charge in [0.25, 0.3) is 0 Å². The number of nitrogens with zero attached hydrogens (tertiary/aromatic N) is 3. The second-order valence-electron chi connectivity index (χ2n) is 5.16. The lowest BCUT2D eigenvalue weighted by molar-refractivity contribution is 0.138. The van der Waals surface area contributed by atoms with Crippen LogP contribution < -0.4 is 9.05 Å². The lowest BCUT2D eigenvalue weighted by atomic mass is 10.2. The summed E-state index contributed by atoms with van der Waals surface area (Å²) >= 11 is 0. The van der Waals surface area contributed by atoms with E-state index >= 15 is 0 Å². The molecule has 2 rings (SSSR count). The Bertz CT molecular complexity index is 691. The van der Waals surface area contributed by atoms with Crippen LogP contribution in [0.4, 0.5) is 0 Å². The molecular weight excluding hydrogens is 341 g/mol. The van der Waals surface area contributed by atoms with Crippen LogP contribution >= 0.6 is 7.82 Å². The summed E-state index contributed by atoms with van der Waals surface area (Å²) in [6, 6.07) is 17.1. The molecule has 0 saturated carbocycles. The highest BCUT2D eigenvalue weighted by Crippen LogP contribution is 2.51. The molecule has 132 valence electrons. The van der Waals surface area contributed by atoms with Gasteiger partial charge in [-0.2, -0.15) is 0 Å². The van der Waals surface area contributed by atoms with Crippen molar-refractivity contribution in [3.05, 3.63) is 71.1 Å². The van der Waals surface area contributed by atoms with E-state index in [1.807, 2.05) is 6.92 Å². The molecule has 25 heavy (non-hydrogen) atoms.